The Hall–Kier alpha value is -2.83. The molecule has 28 heavy (non-hydrogen) atoms. The molecule has 0 saturated carbocycles. The lowest BCUT2D eigenvalue weighted by Gasteiger charge is -2.16. The van der Waals surface area contributed by atoms with Crippen LogP contribution in [-0.2, 0) is 9.53 Å². The number of aromatic nitrogens is 1. The van der Waals surface area contributed by atoms with Gasteiger partial charge in [-0.05, 0) is 43.3 Å². The number of pyridine rings is 1. The summed E-state index contributed by atoms with van der Waals surface area (Å²) in [4.78, 5) is 28.1. The zero-order valence-electron chi connectivity index (χ0n) is 15.2. The van der Waals surface area contributed by atoms with Gasteiger partial charge in [-0.1, -0.05) is 23.2 Å². The van der Waals surface area contributed by atoms with Crippen LogP contribution in [0.3, 0.4) is 0 Å². The number of ether oxygens (including phenoxy) is 1. The number of benzene rings is 2. The molecule has 0 aliphatic heterocycles. The van der Waals surface area contributed by atoms with Crippen molar-refractivity contribution in [3.8, 4) is 0 Å². The van der Waals surface area contributed by atoms with E-state index in [4.69, 9.17) is 27.9 Å². The molecule has 8 heteroatoms. The molecule has 1 aromatic heterocycles. The first kappa shape index (κ1) is 19.9. The number of fused-ring (bicyclic) bond motifs is 1. The second kappa shape index (κ2) is 8.46. The molecular weight excluding hydrogens is 401 g/mol. The number of hydrogen-bond donors (Lipinski definition) is 2. The second-order valence-electron chi connectivity index (χ2n) is 5.93. The van der Waals surface area contributed by atoms with Crippen molar-refractivity contribution in [2.75, 3.05) is 17.2 Å². The van der Waals surface area contributed by atoms with Crippen molar-refractivity contribution >= 4 is 63.0 Å². The van der Waals surface area contributed by atoms with Gasteiger partial charge in [0.2, 0.25) is 5.91 Å². The molecule has 2 aromatic carbocycles. The summed E-state index contributed by atoms with van der Waals surface area (Å²) in [7, 11) is 0. The van der Waals surface area contributed by atoms with Gasteiger partial charge in [-0.15, -0.1) is 0 Å². The highest BCUT2D eigenvalue weighted by molar-refractivity contribution is 6.34. The standard InChI is InChI=1S/C20H17Cl2N3O3/c1-3-28-20(27)15-10-23-17-7-4-12(21)8-14(17)19(15)25-18-9-13(24-11(2)26)5-6-16(18)22/h4-10H,3H2,1-2H3,(H,23,25)(H,24,26). The average molecular weight is 418 g/mol. The first-order valence-electron chi connectivity index (χ1n) is 8.48. The van der Waals surface area contributed by atoms with Crippen molar-refractivity contribution in [1.82, 2.24) is 4.98 Å². The number of halogens is 2. The van der Waals surface area contributed by atoms with Crippen LogP contribution in [0.15, 0.2) is 42.6 Å². The van der Waals surface area contributed by atoms with Gasteiger partial charge in [-0.2, -0.15) is 0 Å². The molecule has 1 heterocycles. The summed E-state index contributed by atoms with van der Waals surface area (Å²) in [5.41, 5.74) is 2.43. The fourth-order valence-electron chi connectivity index (χ4n) is 2.70. The van der Waals surface area contributed by atoms with Crippen molar-refractivity contribution in [3.05, 3.63) is 58.2 Å². The highest BCUT2D eigenvalue weighted by Crippen LogP contribution is 2.35. The van der Waals surface area contributed by atoms with Gasteiger partial charge in [0, 0.05) is 29.2 Å². The van der Waals surface area contributed by atoms with Crippen molar-refractivity contribution in [3.63, 3.8) is 0 Å². The van der Waals surface area contributed by atoms with Crippen molar-refractivity contribution in [1.29, 1.82) is 0 Å². The van der Waals surface area contributed by atoms with Crippen molar-refractivity contribution < 1.29 is 14.3 Å². The number of esters is 1. The van der Waals surface area contributed by atoms with Gasteiger partial charge in [-0.3, -0.25) is 9.78 Å². The quantitative estimate of drug-likeness (QED) is 0.541. The molecular formula is C20H17Cl2N3O3. The molecule has 0 bridgehead atoms. The minimum absolute atomic E-state index is 0.207. The Kier molecular flexibility index (Phi) is 6.02. The fraction of sp³-hybridized carbons (Fsp3) is 0.150. The molecule has 3 rings (SSSR count). The monoisotopic (exact) mass is 417 g/mol. The van der Waals surface area contributed by atoms with Crippen molar-refractivity contribution in [2.45, 2.75) is 13.8 Å². The van der Waals surface area contributed by atoms with Gasteiger partial charge >= 0.3 is 5.97 Å². The first-order chi connectivity index (χ1) is 13.4. The molecule has 0 saturated heterocycles. The molecule has 0 aliphatic carbocycles. The molecule has 2 N–H and O–H groups in total. The van der Waals surface area contributed by atoms with Gasteiger partial charge in [0.05, 0.1) is 28.5 Å². The molecule has 144 valence electrons. The summed E-state index contributed by atoms with van der Waals surface area (Å²) < 4.78 is 5.15. The molecule has 0 spiro atoms. The van der Waals surface area contributed by atoms with Crippen molar-refractivity contribution in [2.24, 2.45) is 0 Å². The van der Waals surface area contributed by atoms with E-state index < -0.39 is 5.97 Å². The minimum Gasteiger partial charge on any atom is -0.462 e. The number of anilines is 3. The third-order valence-electron chi connectivity index (χ3n) is 3.87. The minimum atomic E-state index is -0.520. The average Bonchev–Trinajstić information content (AvgIpc) is 2.64. The summed E-state index contributed by atoms with van der Waals surface area (Å²) in [6.07, 6.45) is 1.45. The Morgan fingerprint density at radius 1 is 1.14 bits per heavy atom. The lowest BCUT2D eigenvalue weighted by atomic mass is 10.1. The van der Waals surface area contributed by atoms with Crippen LogP contribution in [-0.4, -0.2) is 23.5 Å². The van der Waals surface area contributed by atoms with Crippen LogP contribution in [0.4, 0.5) is 17.1 Å². The predicted molar refractivity (Wildman–Crippen MR) is 112 cm³/mol. The second-order valence-corrected chi connectivity index (χ2v) is 6.77. The van der Waals surface area contributed by atoms with Crippen LogP contribution >= 0.6 is 23.2 Å². The van der Waals surface area contributed by atoms with Crippen LogP contribution in [0.1, 0.15) is 24.2 Å². The van der Waals surface area contributed by atoms with E-state index in [1.54, 1.807) is 43.3 Å². The smallest absolute Gasteiger partial charge is 0.341 e. The van der Waals surface area contributed by atoms with E-state index in [0.717, 1.165) is 0 Å². The van der Waals surface area contributed by atoms with Crippen LogP contribution in [0.5, 0.6) is 0 Å². The van der Waals surface area contributed by atoms with Crippen LogP contribution in [0.2, 0.25) is 10.0 Å². The van der Waals surface area contributed by atoms with Gasteiger partial charge in [0.25, 0.3) is 0 Å². The van der Waals surface area contributed by atoms with E-state index in [0.29, 0.717) is 38.0 Å². The summed E-state index contributed by atoms with van der Waals surface area (Å²) in [5.74, 6) is -0.727. The largest absolute Gasteiger partial charge is 0.462 e. The van der Waals surface area contributed by atoms with Gasteiger partial charge in [-0.25, -0.2) is 4.79 Å². The molecule has 6 nitrogen and oxygen atoms in total. The van der Waals surface area contributed by atoms with E-state index in [9.17, 15) is 9.59 Å². The number of amides is 1. The Bertz CT molecular complexity index is 1070. The van der Waals surface area contributed by atoms with E-state index in [2.05, 4.69) is 15.6 Å². The van der Waals surface area contributed by atoms with E-state index >= 15 is 0 Å². The highest BCUT2D eigenvalue weighted by atomic mass is 35.5. The first-order valence-corrected chi connectivity index (χ1v) is 9.24. The summed E-state index contributed by atoms with van der Waals surface area (Å²) >= 11 is 12.5. The number of nitrogens with zero attached hydrogens (tertiary/aromatic N) is 1. The van der Waals surface area contributed by atoms with E-state index in [1.165, 1.54) is 13.1 Å². The Labute approximate surface area is 171 Å². The molecule has 0 radical (unpaired) electrons. The fourth-order valence-corrected chi connectivity index (χ4v) is 3.04. The Morgan fingerprint density at radius 3 is 2.64 bits per heavy atom. The summed E-state index contributed by atoms with van der Waals surface area (Å²) in [5, 5.41) is 7.43. The maximum absolute atomic E-state index is 12.5. The summed E-state index contributed by atoms with van der Waals surface area (Å²) in [6, 6.07) is 10.2. The van der Waals surface area contributed by atoms with Crippen LogP contribution in [0.25, 0.3) is 10.9 Å². The SMILES string of the molecule is CCOC(=O)c1cnc2ccc(Cl)cc2c1Nc1cc(NC(C)=O)ccc1Cl. The number of hydrogen-bond acceptors (Lipinski definition) is 5. The zero-order valence-corrected chi connectivity index (χ0v) is 16.7. The maximum Gasteiger partial charge on any atom is 0.341 e. The Morgan fingerprint density at radius 2 is 1.93 bits per heavy atom. The van der Waals surface area contributed by atoms with E-state index in [-0.39, 0.29) is 18.1 Å². The molecule has 0 aliphatic rings. The lowest BCUT2D eigenvalue weighted by Crippen LogP contribution is -2.10. The van der Waals surface area contributed by atoms with Gasteiger partial charge < -0.3 is 15.4 Å². The number of carbonyl (C=O) groups excluding carboxylic acids is 2. The zero-order chi connectivity index (χ0) is 20.3. The lowest BCUT2D eigenvalue weighted by molar-refractivity contribution is -0.114. The van der Waals surface area contributed by atoms with Gasteiger partial charge in [0.15, 0.2) is 0 Å². The van der Waals surface area contributed by atoms with E-state index in [1.807, 2.05) is 0 Å². The number of carbonyl (C=O) groups is 2. The van der Waals surface area contributed by atoms with Gasteiger partial charge in [0.1, 0.15) is 5.56 Å². The predicted octanol–water partition coefficient (Wildman–Crippen LogP) is 5.42. The third-order valence-corrected chi connectivity index (χ3v) is 4.44. The molecule has 0 fully saturated rings. The highest BCUT2D eigenvalue weighted by Gasteiger charge is 2.18. The normalized spacial score (nSPS) is 10.6. The van der Waals surface area contributed by atoms with Crippen LogP contribution in [0, 0.1) is 0 Å². The molecule has 1 amide bonds. The Balaban J connectivity index is 2.15. The maximum atomic E-state index is 12.5. The molecule has 0 unspecified atom stereocenters. The number of nitrogens with one attached hydrogen (secondary N) is 2. The molecule has 3 aromatic rings. The topological polar surface area (TPSA) is 80.3 Å². The third kappa shape index (κ3) is 4.35. The number of rotatable bonds is 5. The molecule has 0 atom stereocenters. The summed E-state index contributed by atoms with van der Waals surface area (Å²) in [6.45, 7) is 3.37. The van der Waals surface area contributed by atoms with Crippen LogP contribution < -0.4 is 10.6 Å².